The van der Waals surface area contributed by atoms with Crippen molar-refractivity contribution in [3.8, 4) is 0 Å². The highest BCUT2D eigenvalue weighted by atomic mass is 16.4. The van der Waals surface area contributed by atoms with Gasteiger partial charge in [0.1, 0.15) is 0 Å². The molecule has 1 atom stereocenters. The monoisotopic (exact) mass is 418 g/mol. The first-order valence-corrected chi connectivity index (χ1v) is 11.4. The van der Waals surface area contributed by atoms with Crippen LogP contribution in [0, 0.1) is 0 Å². The van der Waals surface area contributed by atoms with E-state index in [-0.39, 0.29) is 5.56 Å². The van der Waals surface area contributed by atoms with Gasteiger partial charge >= 0.3 is 0 Å². The lowest BCUT2D eigenvalue weighted by Crippen LogP contribution is -2.22. The van der Waals surface area contributed by atoms with Crippen LogP contribution in [0.15, 0.2) is 54.6 Å². The number of aliphatic hydroxyl groups is 1. The van der Waals surface area contributed by atoms with Crippen LogP contribution in [0.4, 0.5) is 0 Å². The highest BCUT2D eigenvalue weighted by molar-refractivity contribution is 5.85. The van der Waals surface area contributed by atoms with Gasteiger partial charge in [-0.1, -0.05) is 81.8 Å². The van der Waals surface area contributed by atoms with Crippen LogP contribution in [-0.4, -0.2) is 16.1 Å². The minimum Gasteiger partial charge on any atom is -0.545 e. The number of pyridine rings is 1. The number of hydrogen-bond donors (Lipinski definition) is 1. The number of aliphatic hydroxyl groups excluding tert-OH is 1. The van der Waals surface area contributed by atoms with Gasteiger partial charge < -0.3 is 15.0 Å². The summed E-state index contributed by atoms with van der Waals surface area (Å²) in [6.45, 7) is 2.22. The molecule has 0 aliphatic rings. The molecule has 3 aromatic rings. The van der Waals surface area contributed by atoms with Crippen molar-refractivity contribution in [3.63, 3.8) is 0 Å². The van der Waals surface area contributed by atoms with E-state index < -0.39 is 12.1 Å². The van der Waals surface area contributed by atoms with Crippen molar-refractivity contribution < 1.29 is 15.0 Å². The molecule has 0 fully saturated rings. The van der Waals surface area contributed by atoms with Gasteiger partial charge in [0, 0.05) is 11.1 Å². The molecule has 0 unspecified atom stereocenters. The van der Waals surface area contributed by atoms with Crippen LogP contribution >= 0.6 is 0 Å². The molecule has 0 aliphatic carbocycles. The van der Waals surface area contributed by atoms with E-state index in [1.165, 1.54) is 32.1 Å². The molecular formula is C27H32NO3-. The van der Waals surface area contributed by atoms with Crippen molar-refractivity contribution >= 4 is 16.9 Å². The number of benzene rings is 2. The van der Waals surface area contributed by atoms with Gasteiger partial charge in [0.15, 0.2) is 0 Å². The summed E-state index contributed by atoms with van der Waals surface area (Å²) in [6, 6.07) is 17.0. The second-order valence-electron chi connectivity index (χ2n) is 8.31. The minimum absolute atomic E-state index is 0.202. The van der Waals surface area contributed by atoms with Crippen LogP contribution in [0.5, 0.6) is 0 Å². The third kappa shape index (κ3) is 6.90. The summed E-state index contributed by atoms with van der Waals surface area (Å²) in [5, 5.41) is 22.7. The van der Waals surface area contributed by atoms with Crippen molar-refractivity contribution in [1.29, 1.82) is 0 Å². The largest absolute Gasteiger partial charge is 0.545 e. The molecule has 0 bridgehead atoms. The normalized spacial score (nSPS) is 12.2. The average Bonchev–Trinajstić information content (AvgIpc) is 2.79. The Hall–Kier alpha value is -2.72. The molecule has 3 rings (SSSR count). The molecule has 1 heterocycles. The fourth-order valence-corrected chi connectivity index (χ4v) is 3.93. The maximum absolute atomic E-state index is 11.0. The Morgan fingerprint density at radius 1 is 0.968 bits per heavy atom. The van der Waals surface area contributed by atoms with Gasteiger partial charge in [0.2, 0.25) is 0 Å². The van der Waals surface area contributed by atoms with Crippen LogP contribution in [0.2, 0.25) is 0 Å². The molecule has 1 N–H and O–H groups in total. The molecular weight excluding hydrogens is 386 g/mol. The Bertz CT molecular complexity index is 999. The Morgan fingerprint density at radius 3 is 2.55 bits per heavy atom. The van der Waals surface area contributed by atoms with Crippen LogP contribution in [-0.2, 0) is 12.8 Å². The predicted molar refractivity (Wildman–Crippen MR) is 123 cm³/mol. The van der Waals surface area contributed by atoms with E-state index in [2.05, 4.69) is 13.0 Å². The topological polar surface area (TPSA) is 73.2 Å². The van der Waals surface area contributed by atoms with E-state index in [0.29, 0.717) is 6.42 Å². The summed E-state index contributed by atoms with van der Waals surface area (Å²) in [5.74, 6) is -1.15. The zero-order chi connectivity index (χ0) is 22.1. The van der Waals surface area contributed by atoms with Crippen LogP contribution in [0.25, 0.3) is 10.9 Å². The molecule has 4 nitrogen and oxygen atoms in total. The summed E-state index contributed by atoms with van der Waals surface area (Å²) in [7, 11) is 0. The third-order valence-corrected chi connectivity index (χ3v) is 5.82. The van der Waals surface area contributed by atoms with Crippen molar-refractivity contribution in [2.24, 2.45) is 0 Å². The van der Waals surface area contributed by atoms with Crippen molar-refractivity contribution in [2.75, 3.05) is 0 Å². The summed E-state index contributed by atoms with van der Waals surface area (Å²) < 4.78 is 0. The molecule has 0 saturated carbocycles. The molecule has 0 amide bonds. The second-order valence-corrected chi connectivity index (χ2v) is 8.31. The van der Waals surface area contributed by atoms with Crippen molar-refractivity contribution in [3.05, 3.63) is 77.0 Å². The number of fused-ring (bicyclic) bond motifs is 1. The van der Waals surface area contributed by atoms with E-state index >= 15 is 0 Å². The van der Waals surface area contributed by atoms with Gasteiger partial charge in [0.05, 0.1) is 17.6 Å². The van der Waals surface area contributed by atoms with E-state index in [1.807, 2.05) is 30.3 Å². The lowest BCUT2D eigenvalue weighted by atomic mass is 10.00. The number of carbonyl (C=O) groups is 1. The number of aromatic carboxylic acids is 1. The third-order valence-electron chi connectivity index (χ3n) is 5.82. The van der Waals surface area contributed by atoms with E-state index in [0.717, 1.165) is 47.0 Å². The Kier molecular flexibility index (Phi) is 8.60. The first-order chi connectivity index (χ1) is 15.1. The van der Waals surface area contributed by atoms with Crippen LogP contribution < -0.4 is 5.11 Å². The Balaban J connectivity index is 1.60. The molecule has 164 valence electrons. The number of carboxylic acids is 1. The predicted octanol–water partition coefficient (Wildman–Crippen LogP) is 5.17. The quantitative estimate of drug-likeness (QED) is 0.412. The summed E-state index contributed by atoms with van der Waals surface area (Å²) in [6.07, 6.45) is 9.05. The lowest BCUT2D eigenvalue weighted by Gasteiger charge is -2.12. The summed E-state index contributed by atoms with van der Waals surface area (Å²) >= 11 is 0. The molecule has 0 aliphatic heterocycles. The molecule has 0 saturated heterocycles. The van der Waals surface area contributed by atoms with Crippen molar-refractivity contribution in [1.82, 2.24) is 4.98 Å². The fourth-order valence-electron chi connectivity index (χ4n) is 3.93. The van der Waals surface area contributed by atoms with Gasteiger partial charge in [-0.15, -0.1) is 0 Å². The number of nitrogens with zero attached hydrogens (tertiary/aromatic N) is 1. The zero-order valence-electron chi connectivity index (χ0n) is 18.3. The van der Waals surface area contributed by atoms with Gasteiger partial charge in [0.25, 0.3) is 0 Å². The highest BCUT2D eigenvalue weighted by Gasteiger charge is 2.09. The molecule has 4 heteroatoms. The van der Waals surface area contributed by atoms with Crippen molar-refractivity contribution in [2.45, 2.75) is 70.8 Å². The van der Waals surface area contributed by atoms with E-state index in [9.17, 15) is 15.0 Å². The lowest BCUT2D eigenvalue weighted by molar-refractivity contribution is -0.255. The Morgan fingerprint density at radius 2 is 1.74 bits per heavy atom. The number of hydrogen-bond acceptors (Lipinski definition) is 4. The smallest absolute Gasteiger partial charge is 0.0790 e. The number of carbonyl (C=O) groups excluding carboxylic acids is 1. The first-order valence-electron chi connectivity index (χ1n) is 11.4. The maximum atomic E-state index is 11.0. The number of aryl methyl sites for hydroxylation is 2. The minimum atomic E-state index is -1.15. The number of aromatic nitrogens is 1. The van der Waals surface area contributed by atoms with E-state index in [4.69, 9.17) is 4.98 Å². The Labute approximate surface area is 185 Å². The van der Waals surface area contributed by atoms with E-state index in [1.54, 1.807) is 18.2 Å². The molecule has 31 heavy (non-hydrogen) atoms. The average molecular weight is 419 g/mol. The molecule has 1 aromatic heterocycles. The zero-order valence-corrected chi connectivity index (χ0v) is 18.3. The molecule has 0 radical (unpaired) electrons. The standard InChI is InChI=1S/C27H33NO3/c1-2-3-4-5-6-7-11-26(29)22-14-13-21-15-17-24(28-25(21)19-22)16-12-20-9-8-10-23(18-20)27(30)31/h8-10,13-15,17-19,26,29H,2-7,11-12,16H2,1H3,(H,30,31)/p-1/t26-/m1/s1. The number of unbranched alkanes of at least 4 members (excludes halogenated alkanes) is 5. The second kappa shape index (κ2) is 11.6. The summed E-state index contributed by atoms with van der Waals surface area (Å²) in [4.78, 5) is 15.8. The maximum Gasteiger partial charge on any atom is 0.0790 e. The molecule has 0 spiro atoms. The molecule has 2 aromatic carbocycles. The van der Waals surface area contributed by atoms with Gasteiger partial charge in [-0.2, -0.15) is 0 Å². The number of rotatable bonds is 12. The van der Waals surface area contributed by atoms with Crippen LogP contribution in [0.3, 0.4) is 0 Å². The van der Waals surface area contributed by atoms with Gasteiger partial charge in [-0.3, -0.25) is 4.98 Å². The SMILES string of the molecule is CCCCCCCC[C@@H](O)c1ccc2ccc(CCc3cccc(C(=O)[O-])c3)nc2c1. The number of carboxylic acid groups (broad SMARTS) is 1. The highest BCUT2D eigenvalue weighted by Crippen LogP contribution is 2.24. The fraction of sp³-hybridized carbons (Fsp3) is 0.407. The van der Waals surface area contributed by atoms with Gasteiger partial charge in [-0.05, 0) is 54.2 Å². The van der Waals surface area contributed by atoms with Crippen LogP contribution in [0.1, 0.15) is 85.2 Å². The summed E-state index contributed by atoms with van der Waals surface area (Å²) in [5.41, 5.74) is 3.92. The van der Waals surface area contributed by atoms with Gasteiger partial charge in [-0.25, -0.2) is 0 Å². The first kappa shape index (κ1) is 23.0.